The number of para-hydroxylation sites is 1. The third-order valence-corrected chi connectivity index (χ3v) is 9.89. The number of hydrogen-bond donors (Lipinski definition) is 0. The van der Waals surface area contributed by atoms with Crippen molar-refractivity contribution in [3.05, 3.63) is 107 Å². The quantitative estimate of drug-likeness (QED) is 0.195. The Morgan fingerprint density at radius 1 is 0.714 bits per heavy atom. The summed E-state index contributed by atoms with van der Waals surface area (Å²) in [4.78, 5) is 3.22. The van der Waals surface area contributed by atoms with E-state index in [9.17, 15) is 0 Å². The monoisotopic (exact) mass is 579 g/mol. The van der Waals surface area contributed by atoms with Gasteiger partial charge in [0.15, 0.2) is 0 Å². The van der Waals surface area contributed by atoms with Crippen LogP contribution in [0.2, 0.25) is 0 Å². The average molecular weight is 580 g/mol. The van der Waals surface area contributed by atoms with E-state index in [0.29, 0.717) is 0 Å². The molecule has 0 atom stereocenters. The Balaban J connectivity index is 1.38. The highest BCUT2D eigenvalue weighted by Crippen LogP contribution is 2.44. The lowest BCUT2D eigenvalue weighted by molar-refractivity contribution is 0.590. The van der Waals surface area contributed by atoms with E-state index in [1.165, 1.54) is 20.3 Å². The Morgan fingerprint density at radius 2 is 1.40 bits per heavy atom. The van der Waals surface area contributed by atoms with Gasteiger partial charge in [0.05, 0.1) is 4.70 Å². The molecule has 6 heteroatoms. The SMILES string of the molecule is CC(C)(C)c1ccc(N(c2ccc3c(c2)sc2cc(C=C(C#N)C#N)sc23)c2ccc3oc4ccccc4c3c2)cc1. The molecule has 0 bridgehead atoms. The van der Waals surface area contributed by atoms with Crippen molar-refractivity contribution in [1.29, 1.82) is 10.5 Å². The van der Waals surface area contributed by atoms with Gasteiger partial charge in [-0.2, -0.15) is 10.5 Å². The Labute approximate surface area is 251 Å². The number of benzene rings is 4. The second-order valence-corrected chi connectivity index (χ2v) is 13.5. The maximum Gasteiger partial charge on any atom is 0.135 e. The first-order valence-corrected chi connectivity index (χ1v) is 15.3. The molecule has 0 fully saturated rings. The predicted molar refractivity (Wildman–Crippen MR) is 177 cm³/mol. The van der Waals surface area contributed by atoms with Gasteiger partial charge in [0.2, 0.25) is 0 Å². The van der Waals surface area contributed by atoms with Gasteiger partial charge in [-0.3, -0.25) is 0 Å². The highest BCUT2D eigenvalue weighted by atomic mass is 32.1. The highest BCUT2D eigenvalue weighted by molar-refractivity contribution is 7.33. The molecule has 0 saturated heterocycles. The molecule has 0 amide bonds. The third kappa shape index (κ3) is 4.43. The maximum absolute atomic E-state index is 9.16. The predicted octanol–water partition coefficient (Wildman–Crippen LogP) is 11.2. The molecule has 4 nitrogen and oxygen atoms in total. The van der Waals surface area contributed by atoms with Gasteiger partial charge in [-0.05, 0) is 71.7 Å². The summed E-state index contributed by atoms with van der Waals surface area (Å²) in [5, 5.41) is 21.7. The number of thiophene rings is 2. The van der Waals surface area contributed by atoms with Gasteiger partial charge in [-0.25, -0.2) is 0 Å². The number of anilines is 3. The summed E-state index contributed by atoms with van der Waals surface area (Å²) in [6.45, 7) is 6.70. The highest BCUT2D eigenvalue weighted by Gasteiger charge is 2.19. The Hall–Kier alpha value is -4.88. The molecule has 0 unspecified atom stereocenters. The van der Waals surface area contributed by atoms with E-state index in [0.717, 1.165) is 48.6 Å². The van der Waals surface area contributed by atoms with Crippen molar-refractivity contribution in [1.82, 2.24) is 0 Å². The number of furan rings is 1. The first kappa shape index (κ1) is 26.0. The van der Waals surface area contributed by atoms with Crippen molar-refractivity contribution in [2.75, 3.05) is 4.90 Å². The van der Waals surface area contributed by atoms with Crippen LogP contribution in [-0.4, -0.2) is 0 Å². The van der Waals surface area contributed by atoms with E-state index >= 15 is 0 Å². The zero-order valence-electron chi connectivity index (χ0n) is 23.3. The summed E-state index contributed by atoms with van der Waals surface area (Å²) >= 11 is 3.35. The van der Waals surface area contributed by atoms with E-state index in [1.54, 1.807) is 28.7 Å². The van der Waals surface area contributed by atoms with E-state index in [2.05, 4.69) is 98.5 Å². The minimum Gasteiger partial charge on any atom is -0.456 e. The number of rotatable bonds is 4. The van der Waals surface area contributed by atoms with Gasteiger partial charge in [-0.15, -0.1) is 22.7 Å². The van der Waals surface area contributed by atoms with Crippen LogP contribution in [0.1, 0.15) is 31.2 Å². The first-order chi connectivity index (χ1) is 20.3. The fourth-order valence-electron chi connectivity index (χ4n) is 5.41. The van der Waals surface area contributed by atoms with Crippen LogP contribution in [0.3, 0.4) is 0 Å². The number of nitriles is 2. The molecular weight excluding hydrogens is 555 g/mol. The van der Waals surface area contributed by atoms with Crippen molar-refractivity contribution >= 4 is 87.2 Å². The second-order valence-electron chi connectivity index (χ2n) is 11.3. The average Bonchev–Trinajstić information content (AvgIpc) is 3.66. The van der Waals surface area contributed by atoms with Gasteiger partial charge in [0.25, 0.3) is 0 Å². The fourth-order valence-corrected chi connectivity index (χ4v) is 7.92. The van der Waals surface area contributed by atoms with Crippen molar-refractivity contribution in [2.24, 2.45) is 0 Å². The summed E-state index contributed by atoms with van der Waals surface area (Å²) < 4.78 is 9.65. The summed E-state index contributed by atoms with van der Waals surface area (Å²) in [6, 6.07) is 36.0. The Morgan fingerprint density at radius 3 is 2.17 bits per heavy atom. The van der Waals surface area contributed by atoms with Crippen molar-refractivity contribution < 1.29 is 4.42 Å². The first-order valence-electron chi connectivity index (χ1n) is 13.6. The molecule has 0 N–H and O–H groups in total. The smallest absolute Gasteiger partial charge is 0.135 e. The molecule has 0 spiro atoms. The summed E-state index contributed by atoms with van der Waals surface area (Å²) in [5.74, 6) is 0. The molecule has 0 aliphatic carbocycles. The Bertz CT molecular complexity index is 2250. The van der Waals surface area contributed by atoms with Gasteiger partial charge in [-0.1, -0.05) is 57.2 Å². The number of allylic oxidation sites excluding steroid dienone is 1. The lowest BCUT2D eigenvalue weighted by atomic mass is 9.87. The lowest BCUT2D eigenvalue weighted by Gasteiger charge is -2.27. The van der Waals surface area contributed by atoms with Gasteiger partial charge in [0, 0.05) is 47.5 Å². The van der Waals surface area contributed by atoms with Crippen LogP contribution in [0, 0.1) is 22.7 Å². The van der Waals surface area contributed by atoms with Crippen LogP contribution < -0.4 is 4.90 Å². The fraction of sp³-hybridized carbons (Fsp3) is 0.111. The number of fused-ring (bicyclic) bond motifs is 6. The molecule has 3 heterocycles. The van der Waals surface area contributed by atoms with Crippen LogP contribution in [0.25, 0.3) is 47.5 Å². The zero-order chi connectivity index (χ0) is 29.0. The molecule has 0 aliphatic rings. The standard InChI is InChI=1S/C36H25N3OS2/c1-36(2,3)23-8-10-24(11-9-23)39(25-13-15-32-30(17-25)28-6-4-5-7-31(28)40-32)26-12-14-29-33(18-26)42-34-19-27(41-35(29)34)16-22(20-37)21-38/h4-19H,1-3H3. The van der Waals surface area contributed by atoms with Gasteiger partial charge in [0.1, 0.15) is 28.9 Å². The van der Waals surface area contributed by atoms with E-state index in [-0.39, 0.29) is 11.0 Å². The third-order valence-electron chi connectivity index (χ3n) is 7.54. The minimum absolute atomic E-state index is 0.0644. The largest absolute Gasteiger partial charge is 0.456 e. The Kier molecular flexibility index (Phi) is 6.13. The van der Waals surface area contributed by atoms with Crippen LogP contribution >= 0.6 is 22.7 Å². The molecule has 0 saturated carbocycles. The zero-order valence-corrected chi connectivity index (χ0v) is 24.9. The molecule has 7 aromatic rings. The number of hydrogen-bond acceptors (Lipinski definition) is 6. The maximum atomic E-state index is 9.16. The van der Waals surface area contributed by atoms with Crippen LogP contribution in [0.5, 0.6) is 0 Å². The minimum atomic E-state index is 0.0644. The van der Waals surface area contributed by atoms with Crippen molar-refractivity contribution in [3.63, 3.8) is 0 Å². The molecule has 42 heavy (non-hydrogen) atoms. The van der Waals surface area contributed by atoms with Crippen LogP contribution in [0.15, 0.2) is 101 Å². The molecule has 4 aromatic carbocycles. The van der Waals surface area contributed by atoms with Crippen molar-refractivity contribution in [3.8, 4) is 12.1 Å². The van der Waals surface area contributed by atoms with Crippen molar-refractivity contribution in [2.45, 2.75) is 26.2 Å². The van der Waals surface area contributed by atoms with Crippen LogP contribution in [0.4, 0.5) is 17.1 Å². The molecule has 7 rings (SSSR count). The van der Waals surface area contributed by atoms with E-state index < -0.39 is 0 Å². The molecular formula is C36H25N3OS2. The summed E-state index contributed by atoms with van der Waals surface area (Å²) in [7, 11) is 0. The number of nitrogens with zero attached hydrogens (tertiary/aromatic N) is 3. The molecule has 0 radical (unpaired) electrons. The molecule has 0 aliphatic heterocycles. The molecule has 3 aromatic heterocycles. The van der Waals surface area contributed by atoms with Gasteiger partial charge < -0.3 is 9.32 Å². The molecule has 202 valence electrons. The summed E-state index contributed by atoms with van der Waals surface area (Å²) in [5.41, 5.74) is 6.44. The lowest BCUT2D eigenvalue weighted by Crippen LogP contribution is -2.13. The summed E-state index contributed by atoms with van der Waals surface area (Å²) in [6.07, 6.45) is 1.66. The second kappa shape index (κ2) is 9.89. The topological polar surface area (TPSA) is 64.0 Å². The van der Waals surface area contributed by atoms with E-state index in [1.807, 2.05) is 30.3 Å². The van der Waals surface area contributed by atoms with E-state index in [4.69, 9.17) is 14.9 Å². The van der Waals surface area contributed by atoms with Gasteiger partial charge >= 0.3 is 0 Å². The normalized spacial score (nSPS) is 11.6. The van der Waals surface area contributed by atoms with Crippen LogP contribution in [-0.2, 0) is 5.41 Å².